The van der Waals surface area contributed by atoms with Gasteiger partial charge in [-0.2, -0.15) is 0 Å². The van der Waals surface area contributed by atoms with Crippen LogP contribution in [0.15, 0.2) is 133 Å². The van der Waals surface area contributed by atoms with Gasteiger partial charge in [0, 0.05) is 3.57 Å². The Kier molecular flexibility index (Phi) is 6.12. The Morgan fingerprint density at radius 1 is 0.333 bits per heavy atom. The van der Waals surface area contributed by atoms with E-state index in [2.05, 4.69) is 132 Å². The second-order valence-corrected chi connectivity index (χ2v) is 10.2. The molecule has 0 N–H and O–H groups in total. The van der Waals surface area contributed by atoms with Gasteiger partial charge in [0.25, 0.3) is 0 Å². The molecule has 36 heavy (non-hydrogen) atoms. The Labute approximate surface area is 224 Å². The molecule has 0 aliphatic heterocycles. The van der Waals surface area contributed by atoms with Crippen LogP contribution in [0.1, 0.15) is 0 Å². The van der Waals surface area contributed by atoms with Crippen molar-refractivity contribution < 1.29 is 4.39 Å². The highest BCUT2D eigenvalue weighted by molar-refractivity contribution is 14.1. The Balaban J connectivity index is 1.28. The fourth-order valence-corrected chi connectivity index (χ4v) is 4.96. The maximum Gasteiger partial charge on any atom is 0.123 e. The molecule has 6 rings (SSSR count). The van der Waals surface area contributed by atoms with E-state index in [9.17, 15) is 4.39 Å². The Morgan fingerprint density at radius 2 is 0.639 bits per heavy atom. The average molecular weight is 576 g/mol. The van der Waals surface area contributed by atoms with Gasteiger partial charge in [-0.25, -0.2) is 4.39 Å². The van der Waals surface area contributed by atoms with Crippen molar-refractivity contribution >= 4 is 33.4 Å². The molecule has 0 saturated carbocycles. The first-order chi connectivity index (χ1) is 17.6. The molecule has 0 aromatic heterocycles. The van der Waals surface area contributed by atoms with E-state index in [4.69, 9.17) is 0 Å². The molecule has 0 unspecified atom stereocenters. The van der Waals surface area contributed by atoms with Gasteiger partial charge in [0.15, 0.2) is 0 Å². The van der Waals surface area contributed by atoms with Crippen LogP contribution in [0.4, 0.5) is 4.39 Å². The van der Waals surface area contributed by atoms with Crippen LogP contribution < -0.4 is 0 Å². The number of halogens is 2. The monoisotopic (exact) mass is 576 g/mol. The third kappa shape index (κ3) is 4.69. The Bertz CT molecular complexity index is 1520. The zero-order valence-electron chi connectivity index (χ0n) is 19.5. The molecule has 0 bridgehead atoms. The van der Waals surface area contributed by atoms with Gasteiger partial charge in [-0.1, -0.05) is 97.1 Å². The SMILES string of the molecule is Fc1ccc(-c2ccc(-c3ccc4ccc(-c5ccc(-c6ccc(I)cc6)cc5)cc4c3)cc2)cc1. The van der Waals surface area contributed by atoms with E-state index >= 15 is 0 Å². The molecule has 0 aliphatic rings. The molecule has 0 amide bonds. The zero-order chi connectivity index (χ0) is 24.5. The van der Waals surface area contributed by atoms with Crippen molar-refractivity contribution in [2.45, 2.75) is 0 Å². The first kappa shape index (κ1) is 22.7. The van der Waals surface area contributed by atoms with Crippen LogP contribution >= 0.6 is 22.6 Å². The molecule has 0 spiro atoms. The van der Waals surface area contributed by atoms with Gasteiger partial charge < -0.3 is 0 Å². The lowest BCUT2D eigenvalue weighted by Gasteiger charge is -2.09. The maximum atomic E-state index is 13.3. The molecule has 0 radical (unpaired) electrons. The van der Waals surface area contributed by atoms with E-state index in [-0.39, 0.29) is 5.82 Å². The molecule has 0 atom stereocenters. The molecular formula is C34H22FI. The number of hydrogen-bond donors (Lipinski definition) is 0. The zero-order valence-corrected chi connectivity index (χ0v) is 21.6. The standard InChI is InChI=1S/C34H22FI/c35-33-17-13-25(14-18-33)23-1-5-27(6-2-23)30-11-9-29-10-12-31(22-32(29)21-30)28-7-3-24(4-8-28)26-15-19-34(36)20-16-26/h1-22H. The van der Waals surface area contributed by atoms with E-state index in [1.54, 1.807) is 0 Å². The number of rotatable bonds is 4. The highest BCUT2D eigenvalue weighted by atomic mass is 127. The van der Waals surface area contributed by atoms with Crippen LogP contribution in [0.25, 0.3) is 55.3 Å². The minimum Gasteiger partial charge on any atom is -0.207 e. The number of benzene rings is 6. The lowest BCUT2D eigenvalue weighted by Crippen LogP contribution is -1.84. The van der Waals surface area contributed by atoms with Crippen molar-refractivity contribution in [1.29, 1.82) is 0 Å². The fourth-order valence-electron chi connectivity index (χ4n) is 4.60. The normalized spacial score (nSPS) is 11.1. The lowest BCUT2D eigenvalue weighted by molar-refractivity contribution is 0.628. The minimum atomic E-state index is -0.215. The van der Waals surface area contributed by atoms with E-state index in [0.29, 0.717) is 0 Å². The predicted molar refractivity (Wildman–Crippen MR) is 158 cm³/mol. The summed E-state index contributed by atoms with van der Waals surface area (Å²) in [6.45, 7) is 0. The van der Waals surface area contributed by atoms with Crippen LogP contribution in [0.2, 0.25) is 0 Å². The third-order valence-electron chi connectivity index (χ3n) is 6.63. The molecular weight excluding hydrogens is 554 g/mol. The van der Waals surface area contributed by atoms with Gasteiger partial charge in [0.1, 0.15) is 5.82 Å². The second-order valence-electron chi connectivity index (χ2n) is 8.95. The van der Waals surface area contributed by atoms with Gasteiger partial charge in [-0.3, -0.25) is 0 Å². The minimum absolute atomic E-state index is 0.215. The molecule has 2 heteroatoms. The summed E-state index contributed by atoms with van der Waals surface area (Å²) in [5.74, 6) is -0.215. The lowest BCUT2D eigenvalue weighted by atomic mass is 9.95. The summed E-state index contributed by atoms with van der Waals surface area (Å²) in [5, 5.41) is 2.44. The summed E-state index contributed by atoms with van der Waals surface area (Å²) in [5.41, 5.74) is 9.31. The molecule has 0 nitrogen and oxygen atoms in total. The first-order valence-electron chi connectivity index (χ1n) is 11.9. The van der Waals surface area contributed by atoms with Crippen LogP contribution in [-0.4, -0.2) is 0 Å². The number of hydrogen-bond acceptors (Lipinski definition) is 0. The Morgan fingerprint density at radius 3 is 1.06 bits per heavy atom. The molecule has 6 aromatic carbocycles. The van der Waals surface area contributed by atoms with Crippen molar-refractivity contribution in [2.24, 2.45) is 0 Å². The quantitative estimate of drug-likeness (QED) is 0.183. The van der Waals surface area contributed by atoms with Crippen LogP contribution in [0, 0.1) is 9.39 Å². The number of fused-ring (bicyclic) bond motifs is 1. The smallest absolute Gasteiger partial charge is 0.123 e. The molecule has 6 aromatic rings. The summed E-state index contributed by atoms with van der Waals surface area (Å²) < 4.78 is 14.5. The molecule has 0 aliphatic carbocycles. The van der Waals surface area contributed by atoms with Crippen molar-refractivity contribution in [3.8, 4) is 44.5 Å². The maximum absolute atomic E-state index is 13.3. The van der Waals surface area contributed by atoms with Crippen LogP contribution in [0.3, 0.4) is 0 Å². The average Bonchev–Trinajstić information content (AvgIpc) is 2.93. The summed E-state index contributed by atoms with van der Waals surface area (Å²) in [7, 11) is 0. The summed E-state index contributed by atoms with van der Waals surface area (Å²) in [4.78, 5) is 0. The topological polar surface area (TPSA) is 0 Å². The first-order valence-corrected chi connectivity index (χ1v) is 13.0. The molecule has 172 valence electrons. The summed E-state index contributed by atoms with van der Waals surface area (Å²) in [6.07, 6.45) is 0. The molecule has 0 fully saturated rings. The van der Waals surface area contributed by atoms with E-state index < -0.39 is 0 Å². The largest absolute Gasteiger partial charge is 0.207 e. The highest BCUT2D eigenvalue weighted by Gasteiger charge is 2.05. The summed E-state index contributed by atoms with van der Waals surface area (Å²) >= 11 is 2.33. The second kappa shape index (κ2) is 9.71. The van der Waals surface area contributed by atoms with E-state index in [0.717, 1.165) is 16.7 Å². The Hall–Kier alpha value is -3.76. The van der Waals surface area contributed by atoms with Gasteiger partial charge in [0.05, 0.1) is 0 Å². The fraction of sp³-hybridized carbons (Fsp3) is 0. The van der Waals surface area contributed by atoms with Crippen molar-refractivity contribution in [3.63, 3.8) is 0 Å². The van der Waals surface area contributed by atoms with E-state index in [1.807, 2.05) is 12.1 Å². The molecule has 0 saturated heterocycles. The van der Waals surface area contributed by atoms with E-state index in [1.165, 1.54) is 54.3 Å². The predicted octanol–water partition coefficient (Wildman–Crippen LogP) is 10.3. The van der Waals surface area contributed by atoms with Crippen LogP contribution in [-0.2, 0) is 0 Å². The summed E-state index contributed by atoms with van der Waals surface area (Å²) in [6, 6.07) is 45.8. The van der Waals surface area contributed by atoms with Gasteiger partial charge >= 0.3 is 0 Å². The van der Waals surface area contributed by atoms with Crippen molar-refractivity contribution in [2.75, 3.05) is 0 Å². The van der Waals surface area contributed by atoms with Gasteiger partial charge in [-0.15, -0.1) is 0 Å². The van der Waals surface area contributed by atoms with Crippen molar-refractivity contribution in [3.05, 3.63) is 143 Å². The van der Waals surface area contributed by atoms with Crippen molar-refractivity contribution in [1.82, 2.24) is 0 Å². The van der Waals surface area contributed by atoms with Crippen LogP contribution in [0.5, 0.6) is 0 Å². The third-order valence-corrected chi connectivity index (χ3v) is 7.35. The molecule has 0 heterocycles. The van der Waals surface area contributed by atoms with Gasteiger partial charge in [-0.05, 0) is 114 Å². The van der Waals surface area contributed by atoms with Gasteiger partial charge in [0.2, 0.25) is 0 Å². The highest BCUT2D eigenvalue weighted by Crippen LogP contribution is 2.31.